The number of hydrogen-bond acceptors (Lipinski definition) is 3. The van der Waals surface area contributed by atoms with E-state index in [2.05, 4.69) is 10.5 Å². The molecule has 0 saturated heterocycles. The lowest BCUT2D eigenvalue weighted by Gasteiger charge is -2.09. The Morgan fingerprint density at radius 3 is 2.46 bits per heavy atom. The van der Waals surface area contributed by atoms with Crippen molar-refractivity contribution in [2.75, 3.05) is 7.11 Å². The summed E-state index contributed by atoms with van der Waals surface area (Å²) in [5.74, 6) is 0.153. The van der Waals surface area contributed by atoms with Gasteiger partial charge < -0.3 is 4.74 Å². The van der Waals surface area contributed by atoms with Crippen molar-refractivity contribution in [3.8, 4) is 5.75 Å². The molecule has 0 aliphatic rings. The number of benzene rings is 3. The fourth-order valence-electron chi connectivity index (χ4n) is 2.37. The van der Waals surface area contributed by atoms with Crippen LogP contribution in [0.4, 0.5) is 0 Å². The third-order valence-corrected chi connectivity index (χ3v) is 3.93. The first-order valence-corrected chi connectivity index (χ1v) is 7.71. The predicted molar refractivity (Wildman–Crippen MR) is 97.0 cm³/mol. The summed E-state index contributed by atoms with van der Waals surface area (Å²) in [5, 5.41) is 6.50. The van der Waals surface area contributed by atoms with E-state index in [9.17, 15) is 4.79 Å². The van der Waals surface area contributed by atoms with Gasteiger partial charge in [-0.25, -0.2) is 5.43 Å². The van der Waals surface area contributed by atoms with Crippen LogP contribution in [0.2, 0.25) is 5.02 Å². The lowest BCUT2D eigenvalue weighted by atomic mass is 10.1. The lowest BCUT2D eigenvalue weighted by molar-refractivity contribution is 0.0952. The van der Waals surface area contributed by atoms with Crippen molar-refractivity contribution in [2.45, 2.75) is 0 Å². The molecule has 0 aliphatic carbocycles. The van der Waals surface area contributed by atoms with Gasteiger partial charge in [0.2, 0.25) is 0 Å². The van der Waals surface area contributed by atoms with E-state index in [1.165, 1.54) is 13.3 Å². The van der Waals surface area contributed by atoms with Crippen LogP contribution in [0.1, 0.15) is 15.9 Å². The number of hydrogen-bond donors (Lipinski definition) is 1. The van der Waals surface area contributed by atoms with Crippen LogP contribution >= 0.6 is 11.6 Å². The van der Waals surface area contributed by atoms with E-state index in [-0.39, 0.29) is 5.91 Å². The first-order chi connectivity index (χ1) is 11.7. The number of methoxy groups -OCH3 is 1. The van der Waals surface area contributed by atoms with Gasteiger partial charge in [0.1, 0.15) is 5.75 Å². The van der Waals surface area contributed by atoms with Gasteiger partial charge in [0.05, 0.1) is 18.9 Å². The van der Waals surface area contributed by atoms with Crippen LogP contribution in [-0.2, 0) is 0 Å². The summed E-state index contributed by atoms with van der Waals surface area (Å²) in [6.45, 7) is 0. The van der Waals surface area contributed by atoms with Crippen molar-refractivity contribution < 1.29 is 9.53 Å². The zero-order chi connectivity index (χ0) is 16.9. The third kappa shape index (κ3) is 3.39. The minimum Gasteiger partial charge on any atom is -0.496 e. The molecule has 1 amide bonds. The fraction of sp³-hybridized carbons (Fsp3) is 0.0526. The van der Waals surface area contributed by atoms with Crippen molar-refractivity contribution >= 4 is 34.5 Å². The molecule has 5 heteroatoms. The van der Waals surface area contributed by atoms with Crippen LogP contribution in [0, 0.1) is 0 Å². The Labute approximate surface area is 144 Å². The maximum Gasteiger partial charge on any atom is 0.275 e. The number of hydrazone groups is 1. The highest BCUT2D eigenvalue weighted by atomic mass is 35.5. The van der Waals surface area contributed by atoms with E-state index < -0.39 is 0 Å². The van der Waals surface area contributed by atoms with E-state index in [0.29, 0.717) is 16.3 Å². The quantitative estimate of drug-likeness (QED) is 0.570. The second-order valence-corrected chi connectivity index (χ2v) is 5.53. The minimum absolute atomic E-state index is 0.346. The van der Waals surface area contributed by atoms with Gasteiger partial charge in [-0.2, -0.15) is 5.10 Å². The van der Waals surface area contributed by atoms with Crippen molar-refractivity contribution in [1.29, 1.82) is 0 Å². The maximum absolute atomic E-state index is 12.4. The molecule has 3 aromatic carbocycles. The van der Waals surface area contributed by atoms with Gasteiger partial charge in [0.25, 0.3) is 5.91 Å². The number of halogens is 1. The van der Waals surface area contributed by atoms with Gasteiger partial charge in [-0.05, 0) is 29.0 Å². The highest BCUT2D eigenvalue weighted by molar-refractivity contribution is 6.33. The molecule has 24 heavy (non-hydrogen) atoms. The standard InChI is InChI=1S/C19H15ClN2O2/c1-24-18-11-14-7-3-2-6-13(14)10-16(18)19(23)22-21-12-15-8-4-5-9-17(15)20/h2-12H,1H3,(H,22,23)/b21-12-. The zero-order valence-corrected chi connectivity index (χ0v) is 13.7. The van der Waals surface area contributed by atoms with Crippen LogP contribution < -0.4 is 10.2 Å². The number of nitrogens with zero attached hydrogens (tertiary/aromatic N) is 1. The molecular formula is C19H15ClN2O2. The van der Waals surface area contributed by atoms with Gasteiger partial charge >= 0.3 is 0 Å². The average Bonchev–Trinajstić information content (AvgIpc) is 2.62. The van der Waals surface area contributed by atoms with Crippen molar-refractivity contribution in [1.82, 2.24) is 5.43 Å². The number of amides is 1. The minimum atomic E-state index is -0.346. The highest BCUT2D eigenvalue weighted by Gasteiger charge is 2.13. The molecule has 120 valence electrons. The molecule has 0 aliphatic heterocycles. The molecule has 0 bridgehead atoms. The molecule has 4 nitrogen and oxygen atoms in total. The second kappa shape index (κ2) is 7.15. The Balaban J connectivity index is 1.84. The molecule has 0 saturated carbocycles. The van der Waals surface area contributed by atoms with Crippen LogP contribution in [0.3, 0.4) is 0 Å². The maximum atomic E-state index is 12.4. The zero-order valence-electron chi connectivity index (χ0n) is 13.0. The first-order valence-electron chi connectivity index (χ1n) is 7.34. The summed E-state index contributed by atoms with van der Waals surface area (Å²) < 4.78 is 5.32. The Morgan fingerprint density at radius 2 is 1.75 bits per heavy atom. The number of rotatable bonds is 4. The van der Waals surface area contributed by atoms with Gasteiger partial charge in [-0.15, -0.1) is 0 Å². The molecule has 0 atom stereocenters. The van der Waals surface area contributed by atoms with E-state index in [1.54, 1.807) is 12.1 Å². The Kier molecular flexibility index (Phi) is 4.77. The second-order valence-electron chi connectivity index (χ2n) is 5.12. The van der Waals surface area contributed by atoms with Crippen LogP contribution in [0.5, 0.6) is 5.75 Å². The Bertz CT molecular complexity index is 922. The smallest absolute Gasteiger partial charge is 0.275 e. The van der Waals surface area contributed by atoms with E-state index in [4.69, 9.17) is 16.3 Å². The summed E-state index contributed by atoms with van der Waals surface area (Å²) in [6, 6.07) is 18.6. The highest BCUT2D eigenvalue weighted by Crippen LogP contribution is 2.25. The molecule has 0 aromatic heterocycles. The summed E-state index contributed by atoms with van der Waals surface area (Å²) >= 11 is 6.05. The predicted octanol–water partition coefficient (Wildman–Crippen LogP) is 4.27. The van der Waals surface area contributed by atoms with Gasteiger partial charge in [0.15, 0.2) is 0 Å². The summed E-state index contributed by atoms with van der Waals surface area (Å²) in [4.78, 5) is 12.4. The molecule has 0 unspecified atom stereocenters. The molecule has 0 fully saturated rings. The number of fused-ring (bicyclic) bond motifs is 1. The molecule has 3 rings (SSSR count). The number of nitrogens with one attached hydrogen (secondary N) is 1. The average molecular weight is 339 g/mol. The number of ether oxygens (including phenoxy) is 1. The summed E-state index contributed by atoms with van der Waals surface area (Å²) in [6.07, 6.45) is 1.51. The van der Waals surface area contributed by atoms with Crippen molar-refractivity contribution in [3.63, 3.8) is 0 Å². The Hall–Kier alpha value is -2.85. The molecule has 3 aromatic rings. The van der Waals surface area contributed by atoms with E-state index in [0.717, 1.165) is 16.3 Å². The summed E-state index contributed by atoms with van der Waals surface area (Å²) in [5.41, 5.74) is 3.66. The van der Waals surface area contributed by atoms with Gasteiger partial charge in [-0.1, -0.05) is 54.1 Å². The normalized spacial score (nSPS) is 10.9. The van der Waals surface area contributed by atoms with Crippen LogP contribution in [-0.4, -0.2) is 19.2 Å². The van der Waals surface area contributed by atoms with E-state index in [1.807, 2.05) is 48.5 Å². The SMILES string of the molecule is COc1cc2ccccc2cc1C(=O)N/N=C\c1ccccc1Cl. The topological polar surface area (TPSA) is 50.7 Å². The van der Waals surface area contributed by atoms with Crippen LogP contribution in [0.15, 0.2) is 65.8 Å². The van der Waals surface area contributed by atoms with E-state index >= 15 is 0 Å². The van der Waals surface area contributed by atoms with Crippen molar-refractivity contribution in [3.05, 3.63) is 76.8 Å². The first kappa shape index (κ1) is 16.0. The largest absolute Gasteiger partial charge is 0.496 e. The number of carbonyl (C=O) groups is 1. The molecule has 0 radical (unpaired) electrons. The molecule has 0 heterocycles. The lowest BCUT2D eigenvalue weighted by Crippen LogP contribution is -2.18. The van der Waals surface area contributed by atoms with Gasteiger partial charge in [0, 0.05) is 10.6 Å². The summed E-state index contributed by atoms with van der Waals surface area (Å²) in [7, 11) is 1.54. The third-order valence-electron chi connectivity index (χ3n) is 3.59. The number of carbonyl (C=O) groups excluding carboxylic acids is 1. The van der Waals surface area contributed by atoms with Crippen molar-refractivity contribution in [2.24, 2.45) is 5.10 Å². The molecular weight excluding hydrogens is 324 g/mol. The van der Waals surface area contributed by atoms with Crippen LogP contribution in [0.25, 0.3) is 10.8 Å². The monoisotopic (exact) mass is 338 g/mol. The fourth-order valence-corrected chi connectivity index (χ4v) is 2.55. The molecule has 0 spiro atoms. The van der Waals surface area contributed by atoms with Gasteiger partial charge in [-0.3, -0.25) is 4.79 Å². The Morgan fingerprint density at radius 1 is 1.08 bits per heavy atom. The molecule has 1 N–H and O–H groups in total.